The van der Waals surface area contributed by atoms with Crippen molar-refractivity contribution >= 4 is 0 Å². The molecule has 0 spiro atoms. The van der Waals surface area contributed by atoms with E-state index in [-0.39, 0.29) is 0 Å². The molecule has 1 aliphatic carbocycles. The molecule has 2 nitrogen and oxygen atoms in total. The molecule has 1 N–H and O–H groups in total. The van der Waals surface area contributed by atoms with Crippen LogP contribution in [-0.2, 0) is 4.74 Å². The first-order chi connectivity index (χ1) is 7.16. The molecule has 1 saturated heterocycles. The van der Waals surface area contributed by atoms with Crippen molar-refractivity contribution in [3.63, 3.8) is 0 Å². The van der Waals surface area contributed by atoms with Crippen molar-refractivity contribution in [1.82, 2.24) is 5.32 Å². The molecule has 2 heteroatoms. The van der Waals surface area contributed by atoms with Gasteiger partial charge in [0.15, 0.2) is 0 Å². The summed E-state index contributed by atoms with van der Waals surface area (Å²) in [5.41, 5.74) is 0.548. The summed E-state index contributed by atoms with van der Waals surface area (Å²) in [7, 11) is 0. The van der Waals surface area contributed by atoms with Crippen LogP contribution in [0, 0.1) is 5.41 Å². The molecular formula is C13H25NO. The smallest absolute Gasteiger partial charge is 0.0700 e. The van der Waals surface area contributed by atoms with Crippen molar-refractivity contribution in [2.24, 2.45) is 5.41 Å². The molecule has 15 heavy (non-hydrogen) atoms. The maximum Gasteiger partial charge on any atom is 0.0700 e. The van der Waals surface area contributed by atoms with Crippen LogP contribution in [-0.4, -0.2) is 25.3 Å². The average Bonchev–Trinajstić information content (AvgIpc) is 2.65. The average molecular weight is 211 g/mol. The molecule has 1 saturated carbocycles. The fourth-order valence-corrected chi connectivity index (χ4v) is 2.98. The summed E-state index contributed by atoms with van der Waals surface area (Å²) in [6.45, 7) is 6.84. The molecule has 88 valence electrons. The topological polar surface area (TPSA) is 21.3 Å². The molecule has 2 fully saturated rings. The van der Waals surface area contributed by atoms with Gasteiger partial charge in [0.05, 0.1) is 6.10 Å². The molecule has 2 atom stereocenters. The first-order valence-electron chi connectivity index (χ1n) is 6.51. The largest absolute Gasteiger partial charge is 0.377 e. The van der Waals surface area contributed by atoms with Crippen LogP contribution in [0.3, 0.4) is 0 Å². The van der Waals surface area contributed by atoms with Gasteiger partial charge in [-0.1, -0.05) is 20.3 Å². The van der Waals surface area contributed by atoms with Crippen LogP contribution in [0.2, 0.25) is 0 Å². The summed E-state index contributed by atoms with van der Waals surface area (Å²) in [5, 5.41) is 3.69. The highest BCUT2D eigenvalue weighted by atomic mass is 16.5. The predicted molar refractivity (Wildman–Crippen MR) is 63.0 cm³/mol. The Hall–Kier alpha value is -0.0800. The van der Waals surface area contributed by atoms with Crippen LogP contribution in [0.1, 0.15) is 52.4 Å². The van der Waals surface area contributed by atoms with Gasteiger partial charge in [-0.25, -0.2) is 0 Å². The highest BCUT2D eigenvalue weighted by Crippen LogP contribution is 2.35. The minimum absolute atomic E-state index is 0.495. The van der Waals surface area contributed by atoms with Crippen molar-refractivity contribution in [2.75, 3.05) is 13.2 Å². The molecular weight excluding hydrogens is 186 g/mol. The highest BCUT2D eigenvalue weighted by Gasteiger charge is 2.28. The van der Waals surface area contributed by atoms with Gasteiger partial charge in [0, 0.05) is 19.2 Å². The lowest BCUT2D eigenvalue weighted by Crippen LogP contribution is -2.40. The molecule has 2 rings (SSSR count). The summed E-state index contributed by atoms with van der Waals surface area (Å²) in [5.74, 6) is 0. The zero-order valence-electron chi connectivity index (χ0n) is 10.2. The van der Waals surface area contributed by atoms with E-state index in [1.54, 1.807) is 0 Å². The Balaban J connectivity index is 1.69. The standard InChI is InChI=1S/C13H25NO/c1-13(2)7-3-5-11(9-13)14-10-12-6-4-8-15-12/h11-12,14H,3-10H2,1-2H3. The molecule has 0 amide bonds. The highest BCUT2D eigenvalue weighted by molar-refractivity contribution is 4.84. The summed E-state index contributed by atoms with van der Waals surface area (Å²) in [4.78, 5) is 0. The van der Waals surface area contributed by atoms with Crippen molar-refractivity contribution in [3.8, 4) is 0 Å². The second kappa shape index (κ2) is 4.84. The van der Waals surface area contributed by atoms with Crippen LogP contribution in [0.25, 0.3) is 0 Å². The summed E-state index contributed by atoms with van der Waals surface area (Å²) < 4.78 is 5.63. The lowest BCUT2D eigenvalue weighted by Gasteiger charge is -2.36. The van der Waals surface area contributed by atoms with E-state index in [9.17, 15) is 0 Å². The molecule has 0 aromatic rings. The monoisotopic (exact) mass is 211 g/mol. The third kappa shape index (κ3) is 3.46. The number of rotatable bonds is 3. The van der Waals surface area contributed by atoms with Crippen LogP contribution >= 0.6 is 0 Å². The first kappa shape index (κ1) is 11.4. The summed E-state index contributed by atoms with van der Waals surface area (Å²) >= 11 is 0. The molecule has 2 aliphatic rings. The van der Waals surface area contributed by atoms with E-state index in [0.29, 0.717) is 11.5 Å². The zero-order valence-corrected chi connectivity index (χ0v) is 10.2. The third-order valence-corrected chi connectivity index (χ3v) is 3.86. The molecule has 0 radical (unpaired) electrons. The van der Waals surface area contributed by atoms with Crippen LogP contribution in [0.5, 0.6) is 0 Å². The second-order valence-corrected chi connectivity index (χ2v) is 6.00. The van der Waals surface area contributed by atoms with Crippen LogP contribution in [0.4, 0.5) is 0 Å². The van der Waals surface area contributed by atoms with E-state index < -0.39 is 0 Å². The zero-order chi connectivity index (χ0) is 10.7. The Morgan fingerprint density at radius 2 is 2.13 bits per heavy atom. The van der Waals surface area contributed by atoms with Gasteiger partial charge in [-0.15, -0.1) is 0 Å². The Labute approximate surface area is 93.8 Å². The fourth-order valence-electron chi connectivity index (χ4n) is 2.98. The van der Waals surface area contributed by atoms with Gasteiger partial charge in [0.1, 0.15) is 0 Å². The van der Waals surface area contributed by atoms with Gasteiger partial charge in [0.25, 0.3) is 0 Å². The van der Waals surface area contributed by atoms with E-state index in [4.69, 9.17) is 4.74 Å². The van der Waals surface area contributed by atoms with E-state index in [2.05, 4.69) is 19.2 Å². The lowest BCUT2D eigenvalue weighted by molar-refractivity contribution is 0.100. The number of hydrogen-bond donors (Lipinski definition) is 1. The molecule has 1 heterocycles. The second-order valence-electron chi connectivity index (χ2n) is 6.00. The Kier molecular flexibility index (Phi) is 3.68. The van der Waals surface area contributed by atoms with Crippen molar-refractivity contribution < 1.29 is 4.74 Å². The van der Waals surface area contributed by atoms with Crippen molar-refractivity contribution in [1.29, 1.82) is 0 Å². The number of ether oxygens (including phenoxy) is 1. The van der Waals surface area contributed by atoms with Crippen LogP contribution < -0.4 is 5.32 Å². The van der Waals surface area contributed by atoms with E-state index >= 15 is 0 Å². The minimum Gasteiger partial charge on any atom is -0.377 e. The van der Waals surface area contributed by atoms with E-state index in [1.807, 2.05) is 0 Å². The van der Waals surface area contributed by atoms with Crippen molar-refractivity contribution in [3.05, 3.63) is 0 Å². The maximum absolute atomic E-state index is 5.63. The van der Waals surface area contributed by atoms with Gasteiger partial charge in [-0.3, -0.25) is 0 Å². The summed E-state index contributed by atoms with van der Waals surface area (Å²) in [6, 6.07) is 0.734. The predicted octanol–water partition coefficient (Wildman–Crippen LogP) is 2.72. The fraction of sp³-hybridized carbons (Fsp3) is 1.00. The number of nitrogens with one attached hydrogen (secondary N) is 1. The molecule has 0 bridgehead atoms. The Bertz CT molecular complexity index is 197. The van der Waals surface area contributed by atoms with E-state index in [1.165, 1.54) is 38.5 Å². The summed E-state index contributed by atoms with van der Waals surface area (Å²) in [6.07, 6.45) is 8.47. The lowest BCUT2D eigenvalue weighted by atomic mass is 9.75. The first-order valence-corrected chi connectivity index (χ1v) is 6.51. The Morgan fingerprint density at radius 3 is 2.80 bits per heavy atom. The van der Waals surface area contributed by atoms with Gasteiger partial charge in [-0.2, -0.15) is 0 Å². The SMILES string of the molecule is CC1(C)CCCC(NCC2CCCO2)C1. The third-order valence-electron chi connectivity index (χ3n) is 3.86. The van der Waals surface area contributed by atoms with Crippen molar-refractivity contribution in [2.45, 2.75) is 64.5 Å². The van der Waals surface area contributed by atoms with Gasteiger partial charge in [-0.05, 0) is 37.5 Å². The molecule has 1 aliphatic heterocycles. The van der Waals surface area contributed by atoms with E-state index in [0.717, 1.165) is 19.2 Å². The molecule has 2 unspecified atom stereocenters. The molecule has 0 aromatic carbocycles. The number of hydrogen-bond acceptors (Lipinski definition) is 2. The van der Waals surface area contributed by atoms with Gasteiger partial charge >= 0.3 is 0 Å². The van der Waals surface area contributed by atoms with Gasteiger partial charge in [0.2, 0.25) is 0 Å². The van der Waals surface area contributed by atoms with Gasteiger partial charge < -0.3 is 10.1 Å². The molecule has 0 aromatic heterocycles. The maximum atomic E-state index is 5.63. The minimum atomic E-state index is 0.495. The Morgan fingerprint density at radius 1 is 1.27 bits per heavy atom. The normalized spacial score (nSPS) is 35.6. The quantitative estimate of drug-likeness (QED) is 0.775. The van der Waals surface area contributed by atoms with Crippen LogP contribution in [0.15, 0.2) is 0 Å².